The highest BCUT2D eigenvalue weighted by molar-refractivity contribution is 5.91. The number of ether oxygens (including phenoxy) is 2. The van der Waals surface area contributed by atoms with Crippen LogP contribution < -0.4 is 10.1 Å². The van der Waals surface area contributed by atoms with Crippen molar-refractivity contribution in [1.29, 1.82) is 0 Å². The van der Waals surface area contributed by atoms with Crippen LogP contribution in [0.25, 0.3) is 0 Å². The van der Waals surface area contributed by atoms with E-state index in [1.807, 2.05) is 20.8 Å². The van der Waals surface area contributed by atoms with Crippen molar-refractivity contribution in [3.8, 4) is 5.75 Å². The minimum absolute atomic E-state index is 0.0178. The molecule has 0 fully saturated rings. The Morgan fingerprint density at radius 3 is 2.17 bits per heavy atom. The number of benzene rings is 1. The van der Waals surface area contributed by atoms with Crippen LogP contribution in [0.4, 0.5) is 13.2 Å². The first-order chi connectivity index (χ1) is 10.6. The van der Waals surface area contributed by atoms with Crippen molar-refractivity contribution >= 4 is 11.9 Å². The van der Waals surface area contributed by atoms with Gasteiger partial charge in [-0.3, -0.25) is 4.79 Å². The number of carbonyl (C=O) groups excluding carboxylic acids is 2. The van der Waals surface area contributed by atoms with E-state index in [0.717, 1.165) is 24.3 Å². The molecular weight excluding hydrogens is 315 g/mol. The van der Waals surface area contributed by atoms with Crippen molar-refractivity contribution in [2.24, 2.45) is 5.92 Å². The molecule has 1 N–H and O–H groups in total. The van der Waals surface area contributed by atoms with Crippen molar-refractivity contribution in [1.82, 2.24) is 5.32 Å². The standard InChI is InChI=1S/C15H18F3NO4/c1-9(2)10(3)19-13(20)8-22-14(21)11-4-6-12(7-5-11)23-15(16,17)18/h4-7,9-10H,8H2,1-3H3,(H,19,20)/t10-/m0/s1. The molecule has 0 aliphatic rings. The lowest BCUT2D eigenvalue weighted by Crippen LogP contribution is -2.38. The van der Waals surface area contributed by atoms with E-state index in [1.165, 1.54) is 0 Å². The summed E-state index contributed by atoms with van der Waals surface area (Å²) in [5.74, 6) is -1.47. The monoisotopic (exact) mass is 333 g/mol. The molecule has 0 unspecified atom stereocenters. The number of hydrogen-bond acceptors (Lipinski definition) is 4. The van der Waals surface area contributed by atoms with Crippen molar-refractivity contribution < 1.29 is 32.2 Å². The smallest absolute Gasteiger partial charge is 0.452 e. The van der Waals surface area contributed by atoms with Crippen molar-refractivity contribution in [2.45, 2.75) is 33.2 Å². The molecule has 128 valence electrons. The fourth-order valence-corrected chi connectivity index (χ4v) is 1.47. The van der Waals surface area contributed by atoms with Gasteiger partial charge in [0.05, 0.1) is 5.56 Å². The number of amides is 1. The SMILES string of the molecule is CC(C)[C@H](C)NC(=O)COC(=O)c1ccc(OC(F)(F)F)cc1. The summed E-state index contributed by atoms with van der Waals surface area (Å²) in [5.41, 5.74) is 0.0178. The Hall–Kier alpha value is -2.25. The summed E-state index contributed by atoms with van der Waals surface area (Å²) in [4.78, 5) is 23.3. The van der Waals surface area contributed by atoms with Gasteiger partial charge in [-0.15, -0.1) is 13.2 Å². The summed E-state index contributed by atoms with van der Waals surface area (Å²) in [5, 5.41) is 2.66. The van der Waals surface area contributed by atoms with E-state index in [9.17, 15) is 22.8 Å². The van der Waals surface area contributed by atoms with Crippen LogP contribution in [0, 0.1) is 5.92 Å². The molecule has 0 radical (unpaired) electrons. The minimum Gasteiger partial charge on any atom is -0.452 e. The van der Waals surface area contributed by atoms with Gasteiger partial charge < -0.3 is 14.8 Å². The van der Waals surface area contributed by atoms with Crippen LogP contribution in [-0.4, -0.2) is 30.9 Å². The Morgan fingerprint density at radius 2 is 1.70 bits per heavy atom. The van der Waals surface area contributed by atoms with Gasteiger partial charge in [0.1, 0.15) is 5.75 Å². The van der Waals surface area contributed by atoms with E-state index in [2.05, 4.69) is 10.1 Å². The van der Waals surface area contributed by atoms with Crippen LogP contribution >= 0.6 is 0 Å². The molecule has 23 heavy (non-hydrogen) atoms. The molecule has 0 saturated carbocycles. The zero-order valence-electron chi connectivity index (χ0n) is 12.9. The third-order valence-corrected chi connectivity index (χ3v) is 3.05. The average molecular weight is 333 g/mol. The van der Waals surface area contributed by atoms with Gasteiger partial charge in [-0.05, 0) is 37.1 Å². The molecule has 8 heteroatoms. The second-order valence-electron chi connectivity index (χ2n) is 5.25. The van der Waals surface area contributed by atoms with E-state index in [-0.39, 0.29) is 17.5 Å². The predicted octanol–water partition coefficient (Wildman–Crippen LogP) is 2.90. The van der Waals surface area contributed by atoms with Gasteiger partial charge in [0.25, 0.3) is 5.91 Å². The fraction of sp³-hybridized carbons (Fsp3) is 0.467. The largest absolute Gasteiger partial charge is 0.573 e. The Morgan fingerprint density at radius 1 is 1.13 bits per heavy atom. The molecule has 0 aliphatic heterocycles. The van der Waals surface area contributed by atoms with Crippen LogP contribution in [-0.2, 0) is 9.53 Å². The Kier molecular flexibility index (Phi) is 6.41. The molecule has 0 saturated heterocycles. The third kappa shape index (κ3) is 7.03. The van der Waals surface area contributed by atoms with Gasteiger partial charge in [0, 0.05) is 6.04 Å². The van der Waals surface area contributed by atoms with E-state index < -0.39 is 30.6 Å². The molecule has 0 aromatic heterocycles. The molecule has 5 nitrogen and oxygen atoms in total. The maximum absolute atomic E-state index is 12.0. The highest BCUT2D eigenvalue weighted by Gasteiger charge is 2.31. The fourth-order valence-electron chi connectivity index (χ4n) is 1.47. The summed E-state index contributed by atoms with van der Waals surface area (Å²) in [7, 11) is 0. The van der Waals surface area contributed by atoms with Crippen LogP contribution in [0.15, 0.2) is 24.3 Å². The number of alkyl halides is 3. The second-order valence-corrected chi connectivity index (χ2v) is 5.25. The first-order valence-corrected chi connectivity index (χ1v) is 6.91. The van der Waals surface area contributed by atoms with Gasteiger partial charge in [-0.1, -0.05) is 13.8 Å². The summed E-state index contributed by atoms with van der Waals surface area (Å²) >= 11 is 0. The van der Waals surface area contributed by atoms with Crippen LogP contribution in [0.5, 0.6) is 5.75 Å². The lowest BCUT2D eigenvalue weighted by atomic mass is 10.1. The molecule has 0 bridgehead atoms. The lowest BCUT2D eigenvalue weighted by molar-refractivity contribution is -0.274. The summed E-state index contributed by atoms with van der Waals surface area (Å²) < 4.78 is 44.5. The minimum atomic E-state index is -4.80. The Balaban J connectivity index is 2.50. The topological polar surface area (TPSA) is 64.6 Å². The van der Waals surface area contributed by atoms with E-state index in [4.69, 9.17) is 4.74 Å². The molecule has 0 aliphatic carbocycles. The van der Waals surface area contributed by atoms with Crippen molar-refractivity contribution in [2.75, 3.05) is 6.61 Å². The van der Waals surface area contributed by atoms with Crippen LogP contribution in [0.1, 0.15) is 31.1 Å². The highest BCUT2D eigenvalue weighted by Crippen LogP contribution is 2.22. The number of halogens is 3. The summed E-state index contributed by atoms with van der Waals surface area (Å²) in [6.07, 6.45) is -4.80. The lowest BCUT2D eigenvalue weighted by Gasteiger charge is -2.17. The zero-order valence-corrected chi connectivity index (χ0v) is 12.9. The highest BCUT2D eigenvalue weighted by atomic mass is 19.4. The maximum Gasteiger partial charge on any atom is 0.573 e. The van der Waals surface area contributed by atoms with E-state index in [0.29, 0.717) is 0 Å². The normalized spacial score (nSPS) is 12.7. The van der Waals surface area contributed by atoms with Gasteiger partial charge in [-0.25, -0.2) is 4.79 Å². The molecule has 1 atom stereocenters. The molecular formula is C15H18F3NO4. The van der Waals surface area contributed by atoms with E-state index >= 15 is 0 Å². The first kappa shape index (κ1) is 18.8. The maximum atomic E-state index is 12.0. The van der Waals surface area contributed by atoms with Gasteiger partial charge in [0.15, 0.2) is 6.61 Å². The predicted molar refractivity (Wildman–Crippen MR) is 75.9 cm³/mol. The first-order valence-electron chi connectivity index (χ1n) is 6.91. The number of esters is 1. The van der Waals surface area contributed by atoms with Gasteiger partial charge in [0.2, 0.25) is 0 Å². The number of carbonyl (C=O) groups is 2. The molecule has 0 heterocycles. The third-order valence-electron chi connectivity index (χ3n) is 3.05. The average Bonchev–Trinajstić information content (AvgIpc) is 2.43. The number of hydrogen-bond donors (Lipinski definition) is 1. The number of nitrogens with one attached hydrogen (secondary N) is 1. The van der Waals surface area contributed by atoms with Gasteiger partial charge in [-0.2, -0.15) is 0 Å². The molecule has 1 rings (SSSR count). The Bertz CT molecular complexity index is 541. The number of rotatable bonds is 6. The van der Waals surface area contributed by atoms with E-state index in [1.54, 1.807) is 0 Å². The second kappa shape index (κ2) is 7.85. The van der Waals surface area contributed by atoms with Crippen LogP contribution in [0.3, 0.4) is 0 Å². The Labute approximate surface area is 131 Å². The van der Waals surface area contributed by atoms with Gasteiger partial charge >= 0.3 is 12.3 Å². The zero-order chi connectivity index (χ0) is 17.6. The summed E-state index contributed by atoms with van der Waals surface area (Å²) in [6, 6.07) is 4.16. The van der Waals surface area contributed by atoms with Crippen LogP contribution in [0.2, 0.25) is 0 Å². The summed E-state index contributed by atoms with van der Waals surface area (Å²) in [6.45, 7) is 5.23. The molecule has 0 spiro atoms. The van der Waals surface area contributed by atoms with Crippen molar-refractivity contribution in [3.63, 3.8) is 0 Å². The quantitative estimate of drug-likeness (QED) is 0.813. The molecule has 1 aromatic rings. The van der Waals surface area contributed by atoms with Crippen molar-refractivity contribution in [3.05, 3.63) is 29.8 Å². The molecule has 1 amide bonds. The molecule has 1 aromatic carbocycles.